The Morgan fingerprint density at radius 2 is 1.92 bits per heavy atom. The number of benzene rings is 2. The topological polar surface area (TPSA) is 79.8 Å². The highest BCUT2D eigenvalue weighted by atomic mass is 79.9. The summed E-state index contributed by atoms with van der Waals surface area (Å²) < 4.78 is 5.98. The molecule has 2 aromatic rings. The van der Waals surface area contributed by atoms with Crippen molar-refractivity contribution in [2.24, 2.45) is 5.10 Å². The highest BCUT2D eigenvalue weighted by Crippen LogP contribution is 2.24. The smallest absolute Gasteiger partial charge is 0.329 e. The molecule has 124 valence electrons. The Morgan fingerprint density at radius 3 is 2.62 bits per heavy atom. The van der Waals surface area contributed by atoms with Crippen LogP contribution in [0.5, 0.6) is 5.75 Å². The zero-order chi connectivity index (χ0) is 17.5. The first-order chi connectivity index (χ1) is 11.5. The van der Waals surface area contributed by atoms with Crippen molar-refractivity contribution in [2.45, 2.75) is 6.92 Å². The molecule has 0 saturated heterocycles. The first kappa shape index (κ1) is 17.7. The summed E-state index contributed by atoms with van der Waals surface area (Å²) in [4.78, 5) is 23.8. The van der Waals surface area contributed by atoms with E-state index in [-0.39, 0.29) is 0 Å². The molecule has 0 spiro atoms. The predicted octanol–water partition coefficient (Wildman–Crippen LogP) is 2.85. The lowest BCUT2D eigenvalue weighted by molar-refractivity contribution is -0.136. The summed E-state index contributed by atoms with van der Waals surface area (Å²) in [5.74, 6) is -1.23. The standard InChI is InChI=1S/C17H16BrN3O3/c1-11-7-8-15(24-2)14(9-11)20-16(22)17(23)21-19-10-12-5-3-4-6-13(12)18/h3-10H,1-2H3,(H,20,22)(H,21,23)/b19-10-. The molecule has 0 unspecified atom stereocenters. The first-order valence-corrected chi connectivity index (χ1v) is 7.84. The molecule has 2 rings (SSSR count). The van der Waals surface area contributed by atoms with E-state index in [1.807, 2.05) is 37.3 Å². The number of halogens is 1. The quantitative estimate of drug-likeness (QED) is 0.479. The summed E-state index contributed by atoms with van der Waals surface area (Å²) in [7, 11) is 1.49. The van der Waals surface area contributed by atoms with Crippen molar-refractivity contribution in [2.75, 3.05) is 12.4 Å². The fraction of sp³-hybridized carbons (Fsp3) is 0.118. The molecule has 0 bridgehead atoms. The summed E-state index contributed by atoms with van der Waals surface area (Å²) >= 11 is 3.36. The maximum atomic E-state index is 11.9. The Labute approximate surface area is 148 Å². The number of carbonyl (C=O) groups is 2. The number of rotatable bonds is 4. The molecule has 7 heteroatoms. The van der Waals surface area contributed by atoms with E-state index in [0.717, 1.165) is 15.6 Å². The van der Waals surface area contributed by atoms with Gasteiger partial charge >= 0.3 is 11.8 Å². The molecule has 0 aromatic heterocycles. The number of anilines is 1. The Bertz CT molecular complexity index is 790. The van der Waals surface area contributed by atoms with E-state index in [1.165, 1.54) is 13.3 Å². The molecule has 0 saturated carbocycles. The second kappa shape index (κ2) is 8.26. The highest BCUT2D eigenvalue weighted by Gasteiger charge is 2.15. The van der Waals surface area contributed by atoms with Crippen LogP contribution in [0.15, 0.2) is 52.0 Å². The number of methoxy groups -OCH3 is 1. The average Bonchev–Trinajstić information content (AvgIpc) is 2.56. The van der Waals surface area contributed by atoms with Crippen molar-refractivity contribution in [3.8, 4) is 5.75 Å². The van der Waals surface area contributed by atoms with Crippen molar-refractivity contribution in [1.82, 2.24) is 5.43 Å². The Balaban J connectivity index is 1.99. The SMILES string of the molecule is COc1ccc(C)cc1NC(=O)C(=O)N/N=C\c1ccccc1Br. The maximum Gasteiger partial charge on any atom is 0.329 e. The van der Waals surface area contributed by atoms with Crippen LogP contribution in [-0.4, -0.2) is 25.1 Å². The molecule has 0 atom stereocenters. The van der Waals surface area contributed by atoms with E-state index < -0.39 is 11.8 Å². The molecule has 2 N–H and O–H groups in total. The van der Waals surface area contributed by atoms with Crippen molar-refractivity contribution in [3.05, 3.63) is 58.1 Å². The fourth-order valence-electron chi connectivity index (χ4n) is 1.89. The Kier molecular flexibility index (Phi) is 6.08. The third kappa shape index (κ3) is 4.66. The van der Waals surface area contributed by atoms with Crippen molar-refractivity contribution in [3.63, 3.8) is 0 Å². The van der Waals surface area contributed by atoms with E-state index in [2.05, 4.69) is 31.8 Å². The number of nitrogens with zero attached hydrogens (tertiary/aromatic N) is 1. The van der Waals surface area contributed by atoms with Gasteiger partial charge in [-0.2, -0.15) is 5.10 Å². The van der Waals surface area contributed by atoms with E-state index >= 15 is 0 Å². The number of hydrogen-bond acceptors (Lipinski definition) is 4. The summed E-state index contributed by atoms with van der Waals surface area (Å²) in [5.41, 5.74) is 4.32. The molecule has 24 heavy (non-hydrogen) atoms. The van der Waals surface area contributed by atoms with Gasteiger partial charge in [0.05, 0.1) is 19.0 Å². The second-order valence-corrected chi connectivity index (χ2v) is 5.73. The number of hydrogen-bond donors (Lipinski definition) is 2. The van der Waals surface area contributed by atoms with Gasteiger partial charge in [-0.3, -0.25) is 9.59 Å². The van der Waals surface area contributed by atoms with Crippen LogP contribution < -0.4 is 15.5 Å². The highest BCUT2D eigenvalue weighted by molar-refractivity contribution is 9.10. The average molecular weight is 390 g/mol. The van der Waals surface area contributed by atoms with Crippen LogP contribution in [-0.2, 0) is 9.59 Å². The minimum atomic E-state index is -0.873. The normalized spacial score (nSPS) is 10.5. The Hall–Kier alpha value is -2.67. The number of aryl methyl sites for hydroxylation is 1. The summed E-state index contributed by atoms with van der Waals surface area (Å²) in [5, 5.41) is 6.28. The van der Waals surface area contributed by atoms with E-state index in [4.69, 9.17) is 4.74 Å². The lowest BCUT2D eigenvalue weighted by Gasteiger charge is -2.10. The minimum absolute atomic E-state index is 0.424. The van der Waals surface area contributed by atoms with Crippen LogP contribution in [0.1, 0.15) is 11.1 Å². The molecule has 6 nitrogen and oxygen atoms in total. The molecule has 0 fully saturated rings. The maximum absolute atomic E-state index is 11.9. The van der Waals surface area contributed by atoms with Crippen LogP contribution in [0.25, 0.3) is 0 Å². The second-order valence-electron chi connectivity index (χ2n) is 4.88. The number of ether oxygens (including phenoxy) is 1. The minimum Gasteiger partial charge on any atom is -0.495 e. The van der Waals surface area contributed by atoms with Gasteiger partial charge in [0.15, 0.2) is 0 Å². The monoisotopic (exact) mass is 389 g/mol. The molecular weight excluding hydrogens is 374 g/mol. The molecule has 0 radical (unpaired) electrons. The molecular formula is C17H16BrN3O3. The van der Waals surface area contributed by atoms with Gasteiger partial charge in [0.2, 0.25) is 0 Å². The number of amides is 2. The Morgan fingerprint density at radius 1 is 1.17 bits per heavy atom. The van der Waals surface area contributed by atoms with Gasteiger partial charge in [-0.25, -0.2) is 5.43 Å². The van der Waals surface area contributed by atoms with Crippen LogP contribution in [0, 0.1) is 6.92 Å². The van der Waals surface area contributed by atoms with Gasteiger partial charge < -0.3 is 10.1 Å². The zero-order valence-electron chi connectivity index (χ0n) is 13.2. The van der Waals surface area contributed by atoms with Gasteiger partial charge in [-0.1, -0.05) is 40.2 Å². The third-order valence-electron chi connectivity index (χ3n) is 3.08. The molecule has 0 heterocycles. The molecule has 2 aromatic carbocycles. The van der Waals surface area contributed by atoms with Crippen molar-refractivity contribution in [1.29, 1.82) is 0 Å². The number of nitrogens with one attached hydrogen (secondary N) is 2. The molecule has 0 aliphatic rings. The van der Waals surface area contributed by atoms with E-state index in [9.17, 15) is 9.59 Å². The largest absolute Gasteiger partial charge is 0.495 e. The van der Waals surface area contributed by atoms with Gasteiger partial charge in [0.25, 0.3) is 0 Å². The number of hydrazone groups is 1. The summed E-state index contributed by atoms with van der Waals surface area (Å²) in [6.45, 7) is 1.87. The van der Waals surface area contributed by atoms with Crippen LogP contribution in [0.4, 0.5) is 5.69 Å². The van der Waals surface area contributed by atoms with Crippen molar-refractivity contribution >= 4 is 39.6 Å². The predicted molar refractivity (Wildman–Crippen MR) is 96.2 cm³/mol. The lowest BCUT2D eigenvalue weighted by atomic mass is 10.2. The number of carbonyl (C=O) groups excluding carboxylic acids is 2. The molecule has 0 aliphatic heterocycles. The van der Waals surface area contributed by atoms with Crippen LogP contribution >= 0.6 is 15.9 Å². The third-order valence-corrected chi connectivity index (χ3v) is 3.81. The lowest BCUT2D eigenvalue weighted by Crippen LogP contribution is -2.32. The van der Waals surface area contributed by atoms with E-state index in [0.29, 0.717) is 11.4 Å². The van der Waals surface area contributed by atoms with Crippen LogP contribution in [0.3, 0.4) is 0 Å². The van der Waals surface area contributed by atoms with Gasteiger partial charge in [-0.15, -0.1) is 0 Å². The summed E-state index contributed by atoms with van der Waals surface area (Å²) in [6, 6.07) is 12.6. The first-order valence-electron chi connectivity index (χ1n) is 7.05. The molecule has 0 aliphatic carbocycles. The van der Waals surface area contributed by atoms with Gasteiger partial charge in [0, 0.05) is 10.0 Å². The fourth-order valence-corrected chi connectivity index (χ4v) is 2.28. The molecule has 2 amide bonds. The van der Waals surface area contributed by atoms with Gasteiger partial charge in [0.1, 0.15) is 5.75 Å². The van der Waals surface area contributed by atoms with Crippen LogP contribution in [0.2, 0.25) is 0 Å². The van der Waals surface area contributed by atoms with Gasteiger partial charge in [-0.05, 0) is 30.7 Å². The van der Waals surface area contributed by atoms with Crippen molar-refractivity contribution < 1.29 is 14.3 Å². The van der Waals surface area contributed by atoms with E-state index in [1.54, 1.807) is 12.1 Å². The summed E-state index contributed by atoms with van der Waals surface area (Å²) in [6.07, 6.45) is 1.45. The zero-order valence-corrected chi connectivity index (χ0v) is 14.8.